The van der Waals surface area contributed by atoms with Crippen molar-refractivity contribution >= 4 is 11.9 Å². The van der Waals surface area contributed by atoms with E-state index >= 15 is 0 Å². The molecule has 2 N–H and O–H groups in total. The Bertz CT molecular complexity index is 456. The van der Waals surface area contributed by atoms with Crippen LogP contribution in [0.25, 0.3) is 0 Å². The molecule has 2 heterocycles. The Kier molecular flexibility index (Phi) is 2.84. The van der Waals surface area contributed by atoms with Gasteiger partial charge in [-0.15, -0.1) is 0 Å². The number of nitrogens with zero attached hydrogens (tertiary/aromatic N) is 3. The lowest BCUT2D eigenvalue weighted by Crippen LogP contribution is -2.41. The van der Waals surface area contributed by atoms with E-state index in [0.717, 1.165) is 0 Å². The zero-order valence-electron chi connectivity index (χ0n) is 9.28. The van der Waals surface area contributed by atoms with Crippen LogP contribution < -0.4 is 0 Å². The second-order valence-electron chi connectivity index (χ2n) is 4.09. The molecule has 0 bridgehead atoms. The maximum atomic E-state index is 12.1. The van der Waals surface area contributed by atoms with E-state index in [0.29, 0.717) is 5.69 Å². The van der Waals surface area contributed by atoms with E-state index in [-0.39, 0.29) is 13.0 Å². The van der Waals surface area contributed by atoms with E-state index in [4.69, 9.17) is 5.11 Å². The zero-order valence-corrected chi connectivity index (χ0v) is 9.28. The van der Waals surface area contributed by atoms with Crippen molar-refractivity contribution in [2.45, 2.75) is 18.6 Å². The fourth-order valence-electron chi connectivity index (χ4n) is 1.98. The second kappa shape index (κ2) is 4.17. The van der Waals surface area contributed by atoms with Crippen molar-refractivity contribution < 1.29 is 19.8 Å². The summed E-state index contributed by atoms with van der Waals surface area (Å²) in [7, 11) is 1.66. The Morgan fingerprint density at radius 2 is 2.24 bits per heavy atom. The quantitative estimate of drug-likeness (QED) is 0.696. The van der Waals surface area contributed by atoms with E-state index in [1.54, 1.807) is 7.05 Å². The van der Waals surface area contributed by atoms with Gasteiger partial charge in [-0.3, -0.25) is 4.79 Å². The molecule has 0 radical (unpaired) electrons. The van der Waals surface area contributed by atoms with Crippen molar-refractivity contribution in [3.8, 4) is 0 Å². The molecule has 1 aromatic heterocycles. The minimum Gasteiger partial charge on any atom is -0.480 e. The van der Waals surface area contributed by atoms with Crippen molar-refractivity contribution in [3.63, 3.8) is 0 Å². The monoisotopic (exact) mass is 239 g/mol. The Hall–Kier alpha value is -1.89. The molecule has 2 rings (SSSR count). The molecule has 1 amide bonds. The summed E-state index contributed by atoms with van der Waals surface area (Å²) in [5, 5.41) is 18.4. The largest absolute Gasteiger partial charge is 0.480 e. The Morgan fingerprint density at radius 1 is 1.53 bits per heavy atom. The molecule has 7 nitrogen and oxygen atoms in total. The van der Waals surface area contributed by atoms with E-state index in [1.807, 2.05) is 0 Å². The van der Waals surface area contributed by atoms with Crippen molar-refractivity contribution in [1.29, 1.82) is 0 Å². The third kappa shape index (κ3) is 2.01. The summed E-state index contributed by atoms with van der Waals surface area (Å²) in [6.07, 6.45) is 2.13. The normalized spacial score (nSPS) is 24.0. The molecule has 0 aromatic carbocycles. The van der Waals surface area contributed by atoms with Gasteiger partial charge in [-0.1, -0.05) is 0 Å². The van der Waals surface area contributed by atoms with Crippen LogP contribution in [-0.2, 0) is 11.8 Å². The number of aliphatic hydroxyl groups excluding tert-OH is 1. The van der Waals surface area contributed by atoms with E-state index in [1.165, 1.54) is 22.0 Å². The first-order valence-corrected chi connectivity index (χ1v) is 5.19. The first-order valence-electron chi connectivity index (χ1n) is 5.19. The van der Waals surface area contributed by atoms with Gasteiger partial charge in [0.1, 0.15) is 11.7 Å². The van der Waals surface area contributed by atoms with E-state index in [2.05, 4.69) is 4.98 Å². The molecule has 7 heteroatoms. The number of hydrogen-bond donors (Lipinski definition) is 2. The molecule has 0 spiro atoms. The Balaban J connectivity index is 2.25. The van der Waals surface area contributed by atoms with Gasteiger partial charge in [0.2, 0.25) is 0 Å². The van der Waals surface area contributed by atoms with Gasteiger partial charge in [0.05, 0.1) is 18.6 Å². The molecule has 1 fully saturated rings. The molecule has 0 aliphatic carbocycles. The molecule has 1 aliphatic heterocycles. The van der Waals surface area contributed by atoms with Gasteiger partial charge in [0, 0.05) is 20.0 Å². The fraction of sp³-hybridized carbons (Fsp3) is 0.500. The molecule has 1 aliphatic rings. The molecule has 0 unspecified atom stereocenters. The van der Waals surface area contributed by atoms with Crippen LogP contribution in [0.3, 0.4) is 0 Å². The number of aliphatic carboxylic acids is 1. The summed E-state index contributed by atoms with van der Waals surface area (Å²) in [4.78, 5) is 28.0. The van der Waals surface area contributed by atoms with Crippen molar-refractivity contribution in [1.82, 2.24) is 14.5 Å². The molecule has 17 heavy (non-hydrogen) atoms. The maximum Gasteiger partial charge on any atom is 0.326 e. The highest BCUT2D eigenvalue weighted by molar-refractivity contribution is 5.95. The lowest BCUT2D eigenvalue weighted by atomic mass is 10.2. The number of aryl methyl sites for hydroxylation is 1. The number of rotatable bonds is 2. The summed E-state index contributed by atoms with van der Waals surface area (Å²) >= 11 is 0. The molecule has 1 aromatic rings. The SMILES string of the molecule is Cn1cncc1C(=O)N1C[C@@H](O)C[C@H]1C(=O)O. The third-order valence-corrected chi connectivity index (χ3v) is 2.86. The number of β-amino-alcohol motifs (C(OH)–C–C–N with tert-alkyl or cyclic N) is 1. The first kappa shape index (κ1) is 11.6. The van der Waals surface area contributed by atoms with Crippen molar-refractivity contribution in [3.05, 3.63) is 18.2 Å². The van der Waals surface area contributed by atoms with Crippen molar-refractivity contribution in [2.75, 3.05) is 6.54 Å². The van der Waals surface area contributed by atoms with Crippen LogP contribution >= 0.6 is 0 Å². The topological polar surface area (TPSA) is 95.7 Å². The fourth-order valence-corrected chi connectivity index (χ4v) is 1.98. The van der Waals surface area contributed by atoms with Crippen LogP contribution in [-0.4, -0.2) is 55.2 Å². The van der Waals surface area contributed by atoms with Gasteiger partial charge in [-0.25, -0.2) is 9.78 Å². The molecule has 0 saturated carbocycles. The van der Waals surface area contributed by atoms with Gasteiger partial charge in [0.15, 0.2) is 0 Å². The number of aromatic nitrogens is 2. The summed E-state index contributed by atoms with van der Waals surface area (Å²) in [5.74, 6) is -1.52. The molecule has 92 valence electrons. The maximum absolute atomic E-state index is 12.1. The smallest absolute Gasteiger partial charge is 0.326 e. The van der Waals surface area contributed by atoms with Gasteiger partial charge < -0.3 is 19.7 Å². The lowest BCUT2D eigenvalue weighted by Gasteiger charge is -2.20. The number of carboxylic acids is 1. The highest BCUT2D eigenvalue weighted by Crippen LogP contribution is 2.20. The number of likely N-dealkylation sites (tertiary alicyclic amines) is 1. The van der Waals surface area contributed by atoms with E-state index < -0.39 is 24.0 Å². The number of carbonyl (C=O) groups is 2. The predicted octanol–water partition coefficient (Wildman–Crippen LogP) is -0.920. The molecule has 1 saturated heterocycles. The van der Waals surface area contributed by atoms with Gasteiger partial charge in [-0.2, -0.15) is 0 Å². The number of hydrogen-bond acceptors (Lipinski definition) is 4. The molecular formula is C10H13N3O4. The average Bonchev–Trinajstić information content (AvgIpc) is 2.83. The van der Waals surface area contributed by atoms with Gasteiger partial charge in [0.25, 0.3) is 5.91 Å². The third-order valence-electron chi connectivity index (χ3n) is 2.86. The number of carbonyl (C=O) groups excluding carboxylic acids is 1. The van der Waals surface area contributed by atoms with Crippen LogP contribution in [0.2, 0.25) is 0 Å². The summed E-state index contributed by atoms with van der Waals surface area (Å²) < 4.78 is 1.52. The van der Waals surface area contributed by atoms with Crippen LogP contribution in [0.15, 0.2) is 12.5 Å². The zero-order chi connectivity index (χ0) is 12.6. The van der Waals surface area contributed by atoms with Crippen LogP contribution in [0.5, 0.6) is 0 Å². The molecular weight excluding hydrogens is 226 g/mol. The summed E-state index contributed by atoms with van der Waals surface area (Å²) in [6.45, 7) is 0.0426. The van der Waals surface area contributed by atoms with E-state index in [9.17, 15) is 14.7 Å². The Labute approximate surface area is 97.3 Å². The highest BCUT2D eigenvalue weighted by Gasteiger charge is 2.39. The standard InChI is InChI=1S/C10H13N3O4/c1-12-5-11-3-8(12)9(15)13-4-6(14)2-7(13)10(16)17/h3,5-7,14H,2,4H2,1H3,(H,16,17)/t6-,7-/m0/s1. The lowest BCUT2D eigenvalue weighted by molar-refractivity contribution is -0.141. The predicted molar refractivity (Wildman–Crippen MR) is 56.3 cm³/mol. The second-order valence-corrected chi connectivity index (χ2v) is 4.09. The summed E-state index contributed by atoms with van der Waals surface area (Å²) in [5.41, 5.74) is 0.311. The highest BCUT2D eigenvalue weighted by atomic mass is 16.4. The number of aliphatic hydroxyl groups is 1. The first-order chi connectivity index (χ1) is 8.00. The van der Waals surface area contributed by atoms with Crippen LogP contribution in [0.1, 0.15) is 16.9 Å². The number of imidazole rings is 1. The van der Waals surface area contributed by atoms with Gasteiger partial charge >= 0.3 is 5.97 Å². The number of carboxylic acid groups (broad SMARTS) is 1. The van der Waals surface area contributed by atoms with Crippen LogP contribution in [0, 0.1) is 0 Å². The average molecular weight is 239 g/mol. The van der Waals surface area contributed by atoms with Crippen molar-refractivity contribution in [2.24, 2.45) is 7.05 Å². The Morgan fingerprint density at radius 3 is 2.76 bits per heavy atom. The molecule has 2 atom stereocenters. The minimum absolute atomic E-state index is 0.0426. The number of amides is 1. The van der Waals surface area contributed by atoms with Crippen LogP contribution in [0.4, 0.5) is 0 Å². The van der Waals surface area contributed by atoms with Gasteiger partial charge in [-0.05, 0) is 0 Å². The minimum atomic E-state index is -1.10. The summed E-state index contributed by atoms with van der Waals surface area (Å²) in [6, 6.07) is -0.965.